The lowest BCUT2D eigenvalue weighted by molar-refractivity contribution is -0.385. The van der Waals surface area contributed by atoms with Gasteiger partial charge >= 0.3 is 0 Å². The van der Waals surface area contributed by atoms with E-state index in [-0.39, 0.29) is 5.69 Å². The number of rotatable bonds is 3. The lowest BCUT2D eigenvalue weighted by Gasteiger charge is -2.21. The first-order chi connectivity index (χ1) is 8.11. The maximum atomic E-state index is 10.7. The molecule has 1 heterocycles. The van der Waals surface area contributed by atoms with Crippen molar-refractivity contribution < 1.29 is 14.4 Å². The van der Waals surface area contributed by atoms with E-state index in [4.69, 9.17) is 9.47 Å². The molecule has 0 N–H and O–H groups in total. The first-order valence-electron chi connectivity index (χ1n) is 5.06. The van der Waals surface area contributed by atoms with Crippen molar-refractivity contribution in [2.24, 2.45) is 0 Å². The molecule has 1 aromatic carbocycles. The van der Waals surface area contributed by atoms with Gasteiger partial charge in [0.1, 0.15) is 5.75 Å². The van der Waals surface area contributed by atoms with Crippen molar-refractivity contribution in [3.63, 3.8) is 0 Å². The molecule has 90 valence electrons. The molecule has 1 aliphatic rings. The SMILES string of the molecule is CCOC1C=Cc2cc([N+](=O)[O-])cc(Br)c2O1. The Kier molecular flexibility index (Phi) is 3.44. The third-order valence-corrected chi connectivity index (χ3v) is 2.85. The Labute approximate surface area is 106 Å². The van der Waals surface area contributed by atoms with Crippen LogP contribution in [0.4, 0.5) is 5.69 Å². The van der Waals surface area contributed by atoms with Gasteiger partial charge in [-0.15, -0.1) is 0 Å². The monoisotopic (exact) mass is 299 g/mol. The molecule has 0 amide bonds. The highest BCUT2D eigenvalue weighted by atomic mass is 79.9. The molecule has 0 saturated heterocycles. The zero-order valence-electron chi connectivity index (χ0n) is 9.05. The molecule has 0 saturated carbocycles. The fourth-order valence-electron chi connectivity index (χ4n) is 1.54. The summed E-state index contributed by atoms with van der Waals surface area (Å²) in [6.45, 7) is 2.41. The minimum atomic E-state index is -0.440. The van der Waals surface area contributed by atoms with Crippen molar-refractivity contribution in [1.82, 2.24) is 0 Å². The number of hydrogen-bond donors (Lipinski definition) is 0. The quantitative estimate of drug-likeness (QED) is 0.635. The van der Waals surface area contributed by atoms with Crippen LogP contribution in [0.5, 0.6) is 5.75 Å². The topological polar surface area (TPSA) is 61.6 Å². The number of nitrogens with zero attached hydrogens (tertiary/aromatic N) is 1. The minimum Gasteiger partial charge on any atom is -0.459 e. The van der Waals surface area contributed by atoms with Crippen LogP contribution in [0.2, 0.25) is 0 Å². The summed E-state index contributed by atoms with van der Waals surface area (Å²) in [6.07, 6.45) is 3.05. The van der Waals surface area contributed by atoms with E-state index in [0.717, 1.165) is 0 Å². The van der Waals surface area contributed by atoms with E-state index >= 15 is 0 Å². The molecule has 1 unspecified atom stereocenters. The van der Waals surface area contributed by atoms with Gasteiger partial charge in [0, 0.05) is 24.3 Å². The van der Waals surface area contributed by atoms with Gasteiger partial charge < -0.3 is 9.47 Å². The Balaban J connectivity index is 2.37. The van der Waals surface area contributed by atoms with Crippen LogP contribution >= 0.6 is 15.9 Å². The summed E-state index contributed by atoms with van der Waals surface area (Å²) in [6, 6.07) is 2.89. The average molecular weight is 300 g/mol. The standard InChI is InChI=1S/C11H10BrNO4/c1-2-16-10-4-3-7-5-8(13(14)15)6-9(12)11(7)17-10/h3-6,10H,2H2,1H3. The van der Waals surface area contributed by atoms with Crippen LogP contribution in [0.25, 0.3) is 6.08 Å². The molecule has 5 nitrogen and oxygen atoms in total. The summed E-state index contributed by atoms with van der Waals surface area (Å²) in [4.78, 5) is 10.3. The van der Waals surface area contributed by atoms with Crippen LogP contribution in [0, 0.1) is 10.1 Å². The predicted octanol–water partition coefficient (Wildman–Crippen LogP) is 3.13. The smallest absolute Gasteiger partial charge is 0.271 e. The van der Waals surface area contributed by atoms with Crippen LogP contribution in [0.15, 0.2) is 22.7 Å². The van der Waals surface area contributed by atoms with Gasteiger partial charge in [-0.2, -0.15) is 0 Å². The second-order valence-electron chi connectivity index (χ2n) is 3.40. The molecule has 1 atom stereocenters. The second kappa shape index (κ2) is 4.85. The summed E-state index contributed by atoms with van der Waals surface area (Å²) in [5, 5.41) is 10.7. The Morgan fingerprint density at radius 1 is 1.59 bits per heavy atom. The van der Waals surface area contributed by atoms with E-state index in [0.29, 0.717) is 22.4 Å². The summed E-state index contributed by atoms with van der Waals surface area (Å²) >= 11 is 3.26. The summed E-state index contributed by atoms with van der Waals surface area (Å²) in [7, 11) is 0. The molecule has 1 aliphatic heterocycles. The molecular weight excluding hydrogens is 290 g/mol. The van der Waals surface area contributed by atoms with E-state index in [2.05, 4.69) is 15.9 Å². The molecule has 0 radical (unpaired) electrons. The number of fused-ring (bicyclic) bond motifs is 1. The number of nitro groups is 1. The van der Waals surface area contributed by atoms with Crippen LogP contribution in [-0.2, 0) is 4.74 Å². The highest BCUT2D eigenvalue weighted by Crippen LogP contribution is 2.37. The van der Waals surface area contributed by atoms with Gasteiger partial charge in [0.25, 0.3) is 5.69 Å². The number of ether oxygens (including phenoxy) is 2. The maximum absolute atomic E-state index is 10.7. The third kappa shape index (κ3) is 2.48. The lowest BCUT2D eigenvalue weighted by Crippen LogP contribution is -2.20. The molecule has 2 rings (SSSR count). The molecule has 17 heavy (non-hydrogen) atoms. The van der Waals surface area contributed by atoms with Crippen molar-refractivity contribution in [3.05, 3.63) is 38.4 Å². The molecule has 6 heteroatoms. The molecule has 0 fully saturated rings. The normalized spacial score (nSPS) is 17.4. The number of halogens is 1. The zero-order chi connectivity index (χ0) is 12.4. The van der Waals surface area contributed by atoms with Crippen molar-refractivity contribution in [2.75, 3.05) is 6.61 Å². The highest BCUT2D eigenvalue weighted by molar-refractivity contribution is 9.10. The Morgan fingerprint density at radius 3 is 3.00 bits per heavy atom. The van der Waals surface area contributed by atoms with Gasteiger partial charge in [0.15, 0.2) is 0 Å². The van der Waals surface area contributed by atoms with E-state index in [1.165, 1.54) is 12.1 Å². The van der Waals surface area contributed by atoms with Crippen molar-refractivity contribution in [3.8, 4) is 5.75 Å². The van der Waals surface area contributed by atoms with E-state index in [9.17, 15) is 10.1 Å². The second-order valence-corrected chi connectivity index (χ2v) is 4.26. The van der Waals surface area contributed by atoms with Gasteiger partial charge in [-0.3, -0.25) is 10.1 Å². The largest absolute Gasteiger partial charge is 0.459 e. The van der Waals surface area contributed by atoms with Crippen molar-refractivity contribution in [1.29, 1.82) is 0 Å². The van der Waals surface area contributed by atoms with Crippen LogP contribution in [0.3, 0.4) is 0 Å². The van der Waals surface area contributed by atoms with E-state index in [1.54, 1.807) is 12.2 Å². The first kappa shape index (κ1) is 12.1. The maximum Gasteiger partial charge on any atom is 0.271 e. The summed E-state index contributed by atoms with van der Waals surface area (Å²) in [5.74, 6) is 0.566. The van der Waals surface area contributed by atoms with Gasteiger partial charge in [-0.25, -0.2) is 0 Å². The Bertz CT molecular complexity index is 487. The zero-order valence-corrected chi connectivity index (χ0v) is 10.6. The highest BCUT2D eigenvalue weighted by Gasteiger charge is 2.21. The molecule has 0 aromatic heterocycles. The average Bonchev–Trinajstić information content (AvgIpc) is 2.30. The Morgan fingerprint density at radius 2 is 2.35 bits per heavy atom. The fraction of sp³-hybridized carbons (Fsp3) is 0.273. The van der Waals surface area contributed by atoms with E-state index in [1.807, 2.05) is 6.92 Å². The van der Waals surface area contributed by atoms with Crippen LogP contribution in [-0.4, -0.2) is 17.8 Å². The van der Waals surface area contributed by atoms with Gasteiger partial charge in [0.2, 0.25) is 6.29 Å². The number of nitro benzene ring substituents is 1. The van der Waals surface area contributed by atoms with E-state index < -0.39 is 11.2 Å². The van der Waals surface area contributed by atoms with Gasteiger partial charge in [-0.05, 0) is 35.0 Å². The molecule has 1 aromatic rings. The summed E-state index contributed by atoms with van der Waals surface area (Å²) in [5.41, 5.74) is 0.695. The predicted molar refractivity (Wildman–Crippen MR) is 65.9 cm³/mol. The lowest BCUT2D eigenvalue weighted by atomic mass is 10.1. The summed E-state index contributed by atoms with van der Waals surface area (Å²) < 4.78 is 11.4. The number of non-ortho nitro benzene ring substituents is 1. The molecular formula is C11H10BrNO4. The number of benzene rings is 1. The molecule has 0 bridgehead atoms. The fourth-order valence-corrected chi connectivity index (χ4v) is 2.10. The van der Waals surface area contributed by atoms with Crippen molar-refractivity contribution in [2.45, 2.75) is 13.2 Å². The third-order valence-electron chi connectivity index (χ3n) is 2.27. The first-order valence-corrected chi connectivity index (χ1v) is 5.85. The molecule has 0 spiro atoms. The number of hydrogen-bond acceptors (Lipinski definition) is 4. The van der Waals surface area contributed by atoms with Crippen molar-refractivity contribution >= 4 is 27.7 Å². The van der Waals surface area contributed by atoms with Gasteiger partial charge in [0.05, 0.1) is 9.40 Å². The molecule has 0 aliphatic carbocycles. The van der Waals surface area contributed by atoms with Crippen LogP contribution < -0.4 is 4.74 Å². The van der Waals surface area contributed by atoms with Gasteiger partial charge in [-0.1, -0.05) is 0 Å². The van der Waals surface area contributed by atoms with Crippen LogP contribution in [0.1, 0.15) is 12.5 Å². The Hall–Kier alpha value is -1.40. The minimum absolute atomic E-state index is 0.0266.